The molecule has 4 heterocycles. The number of rotatable bonds is 3. The molecule has 126 valence electrons. The van der Waals surface area contributed by atoms with Crippen molar-refractivity contribution in [1.82, 2.24) is 14.4 Å². The molecule has 4 rings (SSSR count). The van der Waals surface area contributed by atoms with Gasteiger partial charge in [0.25, 0.3) is 5.91 Å². The van der Waals surface area contributed by atoms with E-state index in [-0.39, 0.29) is 5.91 Å². The van der Waals surface area contributed by atoms with E-state index >= 15 is 0 Å². The van der Waals surface area contributed by atoms with E-state index < -0.39 is 0 Å². The zero-order valence-corrected chi connectivity index (χ0v) is 14.0. The lowest BCUT2D eigenvalue weighted by Crippen LogP contribution is -2.41. The second-order valence-electron chi connectivity index (χ2n) is 7.27. The third-order valence-electron chi connectivity index (χ3n) is 5.95. The number of ether oxygens (including phenoxy) is 1. The molecule has 0 N–H and O–H groups in total. The number of fused-ring (bicyclic) bond motifs is 1. The Labute approximate surface area is 138 Å². The van der Waals surface area contributed by atoms with Gasteiger partial charge < -0.3 is 14.2 Å². The van der Waals surface area contributed by atoms with Crippen LogP contribution in [0.1, 0.15) is 36.2 Å². The maximum Gasteiger partial charge on any atom is 0.270 e. The van der Waals surface area contributed by atoms with Gasteiger partial charge in [0, 0.05) is 58.2 Å². The number of aryl methyl sites for hydroxylation is 1. The van der Waals surface area contributed by atoms with Crippen LogP contribution >= 0.6 is 0 Å². The van der Waals surface area contributed by atoms with Gasteiger partial charge in [-0.3, -0.25) is 9.69 Å². The van der Waals surface area contributed by atoms with E-state index in [1.807, 2.05) is 29.9 Å². The molecular formula is C18H27N3O2. The molecular weight excluding hydrogens is 290 g/mol. The van der Waals surface area contributed by atoms with Crippen LogP contribution in [0.15, 0.2) is 18.3 Å². The lowest BCUT2D eigenvalue weighted by atomic mass is 9.99. The Morgan fingerprint density at radius 2 is 1.96 bits per heavy atom. The summed E-state index contributed by atoms with van der Waals surface area (Å²) in [5.41, 5.74) is 0.813. The van der Waals surface area contributed by atoms with Crippen LogP contribution in [0.5, 0.6) is 0 Å². The second kappa shape index (κ2) is 6.29. The minimum atomic E-state index is 0.206. The third-order valence-corrected chi connectivity index (χ3v) is 5.95. The van der Waals surface area contributed by atoms with Gasteiger partial charge in [-0.25, -0.2) is 0 Å². The van der Waals surface area contributed by atoms with Crippen molar-refractivity contribution in [3.05, 3.63) is 24.0 Å². The van der Waals surface area contributed by atoms with Gasteiger partial charge in [-0.1, -0.05) is 0 Å². The minimum Gasteiger partial charge on any atom is -0.381 e. The second-order valence-corrected chi connectivity index (χ2v) is 7.27. The smallest absolute Gasteiger partial charge is 0.270 e. The molecule has 5 nitrogen and oxygen atoms in total. The summed E-state index contributed by atoms with van der Waals surface area (Å²) in [7, 11) is 1.95. The molecule has 3 saturated heterocycles. The predicted molar refractivity (Wildman–Crippen MR) is 88.4 cm³/mol. The summed E-state index contributed by atoms with van der Waals surface area (Å²) >= 11 is 0. The first-order chi connectivity index (χ1) is 11.2. The van der Waals surface area contributed by atoms with E-state index in [0.29, 0.717) is 12.1 Å². The van der Waals surface area contributed by atoms with Gasteiger partial charge in [-0.15, -0.1) is 0 Å². The summed E-state index contributed by atoms with van der Waals surface area (Å²) in [6.45, 7) is 5.08. The first kappa shape index (κ1) is 15.2. The van der Waals surface area contributed by atoms with Gasteiger partial charge in [-0.2, -0.15) is 0 Å². The number of hydrogen-bond donors (Lipinski definition) is 0. The Balaban J connectivity index is 1.41. The Hall–Kier alpha value is -1.33. The summed E-state index contributed by atoms with van der Waals surface area (Å²) in [5.74, 6) is 0.984. The zero-order valence-electron chi connectivity index (χ0n) is 14.0. The van der Waals surface area contributed by atoms with Gasteiger partial charge in [0.05, 0.1) is 0 Å². The number of nitrogens with zero attached hydrogens (tertiary/aromatic N) is 3. The molecule has 0 radical (unpaired) electrons. The van der Waals surface area contributed by atoms with Gasteiger partial charge in [0.15, 0.2) is 0 Å². The molecule has 0 aromatic carbocycles. The molecule has 0 bridgehead atoms. The number of aromatic nitrogens is 1. The van der Waals surface area contributed by atoms with Gasteiger partial charge in [0.1, 0.15) is 5.69 Å². The largest absolute Gasteiger partial charge is 0.381 e. The molecule has 3 fully saturated rings. The Bertz CT molecular complexity index is 564. The highest BCUT2D eigenvalue weighted by molar-refractivity contribution is 5.93. The first-order valence-corrected chi connectivity index (χ1v) is 8.98. The van der Waals surface area contributed by atoms with Gasteiger partial charge in [-0.05, 0) is 43.7 Å². The van der Waals surface area contributed by atoms with Crippen LogP contribution in [0.3, 0.4) is 0 Å². The maximum atomic E-state index is 12.8. The van der Waals surface area contributed by atoms with Crippen molar-refractivity contribution in [2.75, 3.05) is 32.8 Å². The van der Waals surface area contributed by atoms with Crippen LogP contribution in [0.4, 0.5) is 0 Å². The van der Waals surface area contributed by atoms with E-state index in [2.05, 4.69) is 9.80 Å². The molecule has 3 aliphatic heterocycles. The fraction of sp³-hybridized carbons (Fsp3) is 0.722. The highest BCUT2D eigenvalue weighted by Crippen LogP contribution is 2.34. The maximum absolute atomic E-state index is 12.8. The summed E-state index contributed by atoms with van der Waals surface area (Å²) < 4.78 is 7.41. The summed E-state index contributed by atoms with van der Waals surface area (Å²) in [4.78, 5) is 17.6. The molecule has 0 unspecified atom stereocenters. The lowest BCUT2D eigenvalue weighted by molar-refractivity contribution is 0.0502. The van der Waals surface area contributed by atoms with E-state index in [4.69, 9.17) is 4.74 Å². The third kappa shape index (κ3) is 2.81. The highest BCUT2D eigenvalue weighted by Gasteiger charge is 2.45. The van der Waals surface area contributed by atoms with Crippen LogP contribution in [0.2, 0.25) is 0 Å². The average Bonchev–Trinajstić information content (AvgIpc) is 3.25. The normalized spacial score (nSPS) is 29.2. The Morgan fingerprint density at radius 3 is 2.70 bits per heavy atom. The monoisotopic (exact) mass is 317 g/mol. The SMILES string of the molecule is Cn1cccc1C(=O)N1CC[C@@H]2[C@@H]1CCN2CC1CCOCC1. The topological polar surface area (TPSA) is 37.7 Å². The fourth-order valence-corrected chi connectivity index (χ4v) is 4.65. The molecule has 2 atom stereocenters. The Kier molecular flexibility index (Phi) is 4.16. The molecule has 1 amide bonds. The van der Waals surface area contributed by atoms with Crippen molar-refractivity contribution in [3.8, 4) is 0 Å². The molecule has 1 aromatic heterocycles. The molecule has 0 spiro atoms. The number of carbonyl (C=O) groups is 1. The van der Waals surface area contributed by atoms with Crippen LogP contribution in [0, 0.1) is 5.92 Å². The van der Waals surface area contributed by atoms with Crippen molar-refractivity contribution < 1.29 is 9.53 Å². The number of likely N-dealkylation sites (tertiary alicyclic amines) is 2. The van der Waals surface area contributed by atoms with Crippen LogP contribution in [0.25, 0.3) is 0 Å². The zero-order chi connectivity index (χ0) is 15.8. The quantitative estimate of drug-likeness (QED) is 0.852. The van der Waals surface area contributed by atoms with E-state index in [1.165, 1.54) is 19.4 Å². The number of amides is 1. The first-order valence-electron chi connectivity index (χ1n) is 8.98. The van der Waals surface area contributed by atoms with Gasteiger partial charge >= 0.3 is 0 Å². The molecule has 5 heteroatoms. The van der Waals surface area contributed by atoms with Crippen LogP contribution < -0.4 is 0 Å². The molecule has 23 heavy (non-hydrogen) atoms. The lowest BCUT2D eigenvalue weighted by Gasteiger charge is -2.30. The van der Waals surface area contributed by atoms with Crippen LogP contribution in [-0.2, 0) is 11.8 Å². The average molecular weight is 317 g/mol. The van der Waals surface area contributed by atoms with Crippen molar-refractivity contribution >= 4 is 5.91 Å². The van der Waals surface area contributed by atoms with Crippen molar-refractivity contribution in [3.63, 3.8) is 0 Å². The van der Waals surface area contributed by atoms with Crippen molar-refractivity contribution in [1.29, 1.82) is 0 Å². The molecule has 0 saturated carbocycles. The number of carbonyl (C=O) groups excluding carboxylic acids is 1. The van der Waals surface area contributed by atoms with Crippen LogP contribution in [-0.4, -0.2) is 65.2 Å². The summed E-state index contributed by atoms with van der Waals surface area (Å²) in [6, 6.07) is 4.87. The molecule has 1 aromatic rings. The number of hydrogen-bond acceptors (Lipinski definition) is 3. The standard InChI is InChI=1S/C18H27N3O2/c1-19-8-2-3-17(19)18(22)21-10-5-15-16(21)4-9-20(15)13-14-6-11-23-12-7-14/h2-3,8,14-16H,4-7,9-13H2,1H3/t15-,16+/m1/s1. The Morgan fingerprint density at radius 1 is 1.17 bits per heavy atom. The highest BCUT2D eigenvalue weighted by atomic mass is 16.5. The van der Waals surface area contributed by atoms with E-state index in [1.54, 1.807) is 0 Å². The van der Waals surface area contributed by atoms with Crippen molar-refractivity contribution in [2.24, 2.45) is 13.0 Å². The van der Waals surface area contributed by atoms with Gasteiger partial charge in [0.2, 0.25) is 0 Å². The minimum absolute atomic E-state index is 0.206. The summed E-state index contributed by atoms with van der Waals surface area (Å²) in [5, 5.41) is 0. The summed E-state index contributed by atoms with van der Waals surface area (Å²) in [6.07, 6.45) is 6.60. The van der Waals surface area contributed by atoms with E-state index in [0.717, 1.165) is 50.8 Å². The molecule has 0 aliphatic carbocycles. The van der Waals surface area contributed by atoms with Crippen molar-refractivity contribution in [2.45, 2.75) is 37.8 Å². The predicted octanol–water partition coefficient (Wildman–Crippen LogP) is 1.74. The van der Waals surface area contributed by atoms with E-state index in [9.17, 15) is 4.79 Å². The fourth-order valence-electron chi connectivity index (χ4n) is 4.65. The molecule has 3 aliphatic rings.